The molecule has 1 fully saturated rings. The molecule has 0 radical (unpaired) electrons. The molecule has 2 atom stereocenters. The summed E-state index contributed by atoms with van der Waals surface area (Å²) in [6, 6.07) is 7.65. The number of ether oxygens (including phenoxy) is 1. The van der Waals surface area contributed by atoms with E-state index in [4.69, 9.17) is 4.74 Å². The van der Waals surface area contributed by atoms with Crippen LogP contribution in [0, 0.1) is 12.7 Å². The Balaban J connectivity index is 1.54. The van der Waals surface area contributed by atoms with E-state index in [1.165, 1.54) is 19.1 Å². The lowest BCUT2D eigenvalue weighted by Crippen LogP contribution is -2.44. The molecule has 0 saturated carbocycles. The van der Waals surface area contributed by atoms with Gasteiger partial charge in [0.25, 0.3) is 0 Å². The number of nitrogens with one attached hydrogen (secondary N) is 2. The first-order valence-electron chi connectivity index (χ1n) is 10.00. The van der Waals surface area contributed by atoms with E-state index in [0.717, 1.165) is 11.1 Å². The van der Waals surface area contributed by atoms with Crippen LogP contribution in [0.15, 0.2) is 30.3 Å². The van der Waals surface area contributed by atoms with Gasteiger partial charge in [0.2, 0.25) is 11.8 Å². The molecule has 2 N–H and O–H groups in total. The van der Waals surface area contributed by atoms with Crippen molar-refractivity contribution in [2.45, 2.75) is 45.3 Å². The van der Waals surface area contributed by atoms with Crippen molar-refractivity contribution in [3.63, 3.8) is 0 Å². The van der Waals surface area contributed by atoms with Crippen molar-refractivity contribution in [3.05, 3.63) is 52.8 Å². The SMILES string of the molecule is CC(=O)c1ccc(F)c(-c2cc(C)cc3c2OC(CNC(=O)C2CCC(=O)N2)C3)c1. The molecule has 6 nitrogen and oxygen atoms in total. The van der Waals surface area contributed by atoms with E-state index in [2.05, 4.69) is 10.6 Å². The van der Waals surface area contributed by atoms with Crippen molar-refractivity contribution in [1.82, 2.24) is 10.6 Å². The number of benzene rings is 2. The predicted octanol–water partition coefficient (Wildman–Crippen LogP) is 2.70. The van der Waals surface area contributed by atoms with Crippen LogP contribution < -0.4 is 15.4 Å². The second-order valence-corrected chi connectivity index (χ2v) is 7.90. The van der Waals surface area contributed by atoms with Gasteiger partial charge in [-0.15, -0.1) is 0 Å². The molecule has 30 heavy (non-hydrogen) atoms. The lowest BCUT2D eigenvalue weighted by Gasteiger charge is -2.16. The average molecular weight is 410 g/mol. The van der Waals surface area contributed by atoms with Crippen molar-refractivity contribution in [1.29, 1.82) is 0 Å². The van der Waals surface area contributed by atoms with Crippen LogP contribution >= 0.6 is 0 Å². The van der Waals surface area contributed by atoms with Crippen molar-refractivity contribution < 1.29 is 23.5 Å². The molecule has 2 aliphatic rings. The van der Waals surface area contributed by atoms with Crippen molar-refractivity contribution in [2.24, 2.45) is 0 Å². The van der Waals surface area contributed by atoms with Gasteiger partial charge in [0.15, 0.2) is 5.78 Å². The van der Waals surface area contributed by atoms with Gasteiger partial charge in [-0.2, -0.15) is 0 Å². The first-order chi connectivity index (χ1) is 14.3. The molecule has 2 unspecified atom stereocenters. The summed E-state index contributed by atoms with van der Waals surface area (Å²) in [5, 5.41) is 5.48. The molecule has 2 aromatic carbocycles. The number of aryl methyl sites for hydroxylation is 1. The number of halogens is 1. The molecule has 2 heterocycles. The number of Topliss-reactive ketones (excluding diaryl/α,β-unsaturated/α-hetero) is 1. The zero-order chi connectivity index (χ0) is 21.4. The minimum atomic E-state index is -0.498. The molecule has 4 rings (SSSR count). The Labute approximate surface area is 173 Å². The Hall–Kier alpha value is -3.22. The molecule has 0 bridgehead atoms. The molecule has 2 amide bonds. The summed E-state index contributed by atoms with van der Waals surface area (Å²) in [6.07, 6.45) is 1.14. The average Bonchev–Trinajstić information content (AvgIpc) is 3.31. The Morgan fingerprint density at radius 1 is 1.23 bits per heavy atom. The third-order valence-electron chi connectivity index (χ3n) is 5.52. The van der Waals surface area contributed by atoms with E-state index < -0.39 is 11.9 Å². The third kappa shape index (κ3) is 3.92. The molecule has 1 saturated heterocycles. The molecular weight excluding hydrogens is 387 g/mol. The number of carbonyl (C=O) groups is 3. The first kappa shape index (κ1) is 20.1. The summed E-state index contributed by atoms with van der Waals surface area (Å²) in [6.45, 7) is 3.66. The number of hydrogen-bond acceptors (Lipinski definition) is 4. The first-order valence-corrected chi connectivity index (χ1v) is 10.00. The number of hydrogen-bond donors (Lipinski definition) is 2. The second kappa shape index (κ2) is 7.89. The van der Waals surface area contributed by atoms with Crippen LogP contribution in [0.1, 0.15) is 41.3 Å². The lowest BCUT2D eigenvalue weighted by molar-refractivity contribution is -0.126. The summed E-state index contributed by atoms with van der Waals surface area (Å²) in [7, 11) is 0. The minimum Gasteiger partial charge on any atom is -0.487 e. The Morgan fingerprint density at radius 3 is 2.73 bits per heavy atom. The van der Waals surface area contributed by atoms with E-state index in [0.29, 0.717) is 41.7 Å². The maximum atomic E-state index is 14.6. The van der Waals surface area contributed by atoms with E-state index in [9.17, 15) is 18.8 Å². The number of amides is 2. The van der Waals surface area contributed by atoms with Gasteiger partial charge in [0, 0.05) is 29.5 Å². The zero-order valence-electron chi connectivity index (χ0n) is 16.9. The molecule has 2 aromatic rings. The molecule has 2 aliphatic heterocycles. The van der Waals surface area contributed by atoms with Gasteiger partial charge in [-0.25, -0.2) is 4.39 Å². The molecule has 156 valence electrons. The van der Waals surface area contributed by atoms with Crippen molar-refractivity contribution in [3.8, 4) is 16.9 Å². The normalized spacial score (nSPS) is 19.8. The summed E-state index contributed by atoms with van der Waals surface area (Å²) >= 11 is 0. The van der Waals surface area contributed by atoms with Crippen LogP contribution in [0.4, 0.5) is 4.39 Å². The summed E-state index contributed by atoms with van der Waals surface area (Å²) in [5.41, 5.74) is 3.25. The highest BCUT2D eigenvalue weighted by atomic mass is 19.1. The number of ketones is 1. The van der Waals surface area contributed by atoms with E-state index in [1.54, 1.807) is 6.07 Å². The summed E-state index contributed by atoms with van der Waals surface area (Å²) in [4.78, 5) is 35.3. The van der Waals surface area contributed by atoms with E-state index >= 15 is 0 Å². The van der Waals surface area contributed by atoms with Gasteiger partial charge in [0.1, 0.15) is 23.7 Å². The topological polar surface area (TPSA) is 84.5 Å². The molecule has 7 heteroatoms. The van der Waals surface area contributed by atoms with Gasteiger partial charge in [-0.05, 0) is 55.7 Å². The fraction of sp³-hybridized carbons (Fsp3) is 0.348. The Kier molecular flexibility index (Phi) is 5.28. The molecule has 0 spiro atoms. The van der Waals surface area contributed by atoms with Crippen LogP contribution in [0.5, 0.6) is 5.75 Å². The van der Waals surface area contributed by atoms with Gasteiger partial charge in [-0.3, -0.25) is 14.4 Å². The highest BCUT2D eigenvalue weighted by molar-refractivity contribution is 5.95. The third-order valence-corrected chi connectivity index (χ3v) is 5.52. The quantitative estimate of drug-likeness (QED) is 0.743. The van der Waals surface area contributed by atoms with Crippen molar-refractivity contribution in [2.75, 3.05) is 6.54 Å². The number of carbonyl (C=O) groups excluding carboxylic acids is 3. The largest absolute Gasteiger partial charge is 0.487 e. The second-order valence-electron chi connectivity index (χ2n) is 7.90. The number of rotatable bonds is 5. The Morgan fingerprint density at radius 2 is 2.03 bits per heavy atom. The zero-order valence-corrected chi connectivity index (χ0v) is 16.9. The fourth-order valence-electron chi connectivity index (χ4n) is 4.01. The maximum Gasteiger partial charge on any atom is 0.242 e. The highest BCUT2D eigenvalue weighted by Gasteiger charge is 2.30. The van der Waals surface area contributed by atoms with Gasteiger partial charge < -0.3 is 15.4 Å². The highest BCUT2D eigenvalue weighted by Crippen LogP contribution is 2.41. The summed E-state index contributed by atoms with van der Waals surface area (Å²) in [5.74, 6) is -0.327. The molecular formula is C23H23FN2O4. The van der Waals surface area contributed by atoms with Crippen LogP contribution in [-0.2, 0) is 16.0 Å². The van der Waals surface area contributed by atoms with Crippen LogP contribution in [0.3, 0.4) is 0 Å². The predicted molar refractivity (Wildman–Crippen MR) is 109 cm³/mol. The van der Waals surface area contributed by atoms with Crippen LogP contribution in [0.25, 0.3) is 11.1 Å². The monoisotopic (exact) mass is 410 g/mol. The van der Waals surface area contributed by atoms with Crippen LogP contribution in [0.2, 0.25) is 0 Å². The smallest absolute Gasteiger partial charge is 0.242 e. The summed E-state index contributed by atoms with van der Waals surface area (Å²) < 4.78 is 20.7. The van der Waals surface area contributed by atoms with Gasteiger partial charge >= 0.3 is 0 Å². The van der Waals surface area contributed by atoms with E-state index in [-0.39, 0.29) is 30.2 Å². The van der Waals surface area contributed by atoms with Gasteiger partial charge in [-0.1, -0.05) is 6.07 Å². The van der Waals surface area contributed by atoms with E-state index in [1.807, 2.05) is 19.1 Å². The Bertz CT molecular complexity index is 1050. The minimum absolute atomic E-state index is 0.116. The lowest BCUT2D eigenvalue weighted by atomic mass is 9.95. The number of fused-ring (bicyclic) bond motifs is 1. The molecule has 0 aliphatic carbocycles. The van der Waals surface area contributed by atoms with Gasteiger partial charge in [0.05, 0.1) is 6.54 Å². The maximum absolute atomic E-state index is 14.6. The fourth-order valence-corrected chi connectivity index (χ4v) is 4.01. The van der Waals surface area contributed by atoms with Crippen LogP contribution in [-0.4, -0.2) is 36.3 Å². The van der Waals surface area contributed by atoms with Crippen molar-refractivity contribution >= 4 is 17.6 Å². The molecule has 0 aromatic heterocycles. The standard InChI is InChI=1S/C23H23FN2O4/c1-12-7-15-9-16(11-25-23(29)20-5-6-21(28)26-20)30-22(15)18(8-12)17-10-14(13(2)27)3-4-19(17)24/h3-4,7-8,10,16,20H,5-6,9,11H2,1-2H3,(H,25,29)(H,26,28).